The Kier molecular flexibility index (Phi) is 6.86. The number of carbonyl (C=O) groups is 2. The van der Waals surface area contributed by atoms with Crippen LogP contribution in [-0.2, 0) is 6.54 Å². The highest BCUT2D eigenvalue weighted by atomic mass is 32.1. The van der Waals surface area contributed by atoms with E-state index >= 15 is 0 Å². The first-order valence-electron chi connectivity index (χ1n) is 9.24. The van der Waals surface area contributed by atoms with Crippen molar-refractivity contribution in [1.82, 2.24) is 4.90 Å². The number of nitrogens with one attached hydrogen (secondary N) is 2. The molecule has 0 aliphatic rings. The van der Waals surface area contributed by atoms with Crippen molar-refractivity contribution in [1.29, 1.82) is 0 Å². The number of methoxy groups -OCH3 is 1. The molecule has 0 spiro atoms. The Morgan fingerprint density at radius 2 is 1.69 bits per heavy atom. The molecular formula is C22H23N3O3S. The lowest BCUT2D eigenvalue weighted by Crippen LogP contribution is -2.29. The van der Waals surface area contributed by atoms with E-state index in [1.807, 2.05) is 49.4 Å². The van der Waals surface area contributed by atoms with Crippen LogP contribution < -0.4 is 15.4 Å². The first kappa shape index (κ1) is 20.4. The average Bonchev–Trinajstić information content (AvgIpc) is 3.21. The number of hydrogen-bond acceptors (Lipinski definition) is 4. The van der Waals surface area contributed by atoms with Crippen LogP contribution >= 0.6 is 11.3 Å². The van der Waals surface area contributed by atoms with Crippen LogP contribution in [0.2, 0.25) is 0 Å². The molecule has 2 N–H and O–H groups in total. The topological polar surface area (TPSA) is 70.7 Å². The lowest BCUT2D eigenvalue weighted by Gasteiger charge is -2.20. The Hall–Kier alpha value is -3.32. The van der Waals surface area contributed by atoms with E-state index < -0.39 is 0 Å². The van der Waals surface area contributed by atoms with Crippen molar-refractivity contribution < 1.29 is 14.3 Å². The first-order chi connectivity index (χ1) is 14.1. The van der Waals surface area contributed by atoms with Gasteiger partial charge in [-0.2, -0.15) is 0 Å². The zero-order valence-electron chi connectivity index (χ0n) is 16.3. The van der Waals surface area contributed by atoms with Crippen LogP contribution in [0, 0.1) is 0 Å². The van der Waals surface area contributed by atoms with Gasteiger partial charge in [0.25, 0.3) is 5.91 Å². The van der Waals surface area contributed by atoms with Crippen LogP contribution in [0.3, 0.4) is 0 Å². The molecule has 0 aliphatic carbocycles. The van der Waals surface area contributed by atoms with Crippen LogP contribution in [0.5, 0.6) is 5.75 Å². The van der Waals surface area contributed by atoms with Gasteiger partial charge in [0, 0.05) is 18.8 Å². The Labute approximate surface area is 174 Å². The molecule has 0 saturated carbocycles. The third-order valence-electron chi connectivity index (χ3n) is 4.29. The third kappa shape index (κ3) is 5.58. The molecule has 3 aromatic rings. The molecule has 0 radical (unpaired) electrons. The lowest BCUT2D eigenvalue weighted by molar-refractivity contribution is 0.0757. The molecule has 1 heterocycles. The molecule has 0 unspecified atom stereocenters. The minimum Gasteiger partial charge on any atom is -0.497 e. The fourth-order valence-electron chi connectivity index (χ4n) is 2.75. The van der Waals surface area contributed by atoms with Crippen LogP contribution in [0.4, 0.5) is 15.5 Å². The highest BCUT2D eigenvalue weighted by Gasteiger charge is 2.17. The summed E-state index contributed by atoms with van der Waals surface area (Å²) in [5.74, 6) is 0.718. The first-order valence-corrected chi connectivity index (χ1v) is 10.1. The molecule has 0 bridgehead atoms. The molecule has 1 aromatic heterocycles. The van der Waals surface area contributed by atoms with Crippen molar-refractivity contribution in [2.24, 2.45) is 0 Å². The molecule has 3 rings (SSSR count). The fourth-order valence-corrected chi connectivity index (χ4v) is 3.62. The second-order valence-electron chi connectivity index (χ2n) is 6.28. The van der Waals surface area contributed by atoms with Gasteiger partial charge in [-0.25, -0.2) is 4.79 Å². The summed E-state index contributed by atoms with van der Waals surface area (Å²) < 4.78 is 5.17. The van der Waals surface area contributed by atoms with E-state index in [-0.39, 0.29) is 11.9 Å². The number of nitrogens with zero attached hydrogens (tertiary/aromatic N) is 1. The molecule has 0 atom stereocenters. The number of hydrogen-bond donors (Lipinski definition) is 2. The second-order valence-corrected chi connectivity index (χ2v) is 7.36. The zero-order valence-corrected chi connectivity index (χ0v) is 17.2. The van der Waals surface area contributed by atoms with E-state index in [2.05, 4.69) is 10.6 Å². The maximum atomic E-state index is 12.9. The molecule has 6 nitrogen and oxygen atoms in total. The quantitative estimate of drug-likeness (QED) is 0.573. The van der Waals surface area contributed by atoms with Gasteiger partial charge < -0.3 is 15.0 Å². The lowest BCUT2D eigenvalue weighted by atomic mass is 10.2. The molecule has 7 heteroatoms. The predicted octanol–water partition coefficient (Wildman–Crippen LogP) is 5.06. The van der Waals surface area contributed by atoms with Gasteiger partial charge >= 0.3 is 6.03 Å². The van der Waals surface area contributed by atoms with E-state index in [1.165, 1.54) is 11.3 Å². The SMILES string of the molecule is CCN(Cc1ccc(OC)cc1)C(=O)c1ccc(NC(=O)Nc2ccccc2)s1. The maximum Gasteiger partial charge on any atom is 0.324 e. The van der Waals surface area contributed by atoms with Crippen molar-refractivity contribution in [2.45, 2.75) is 13.5 Å². The van der Waals surface area contributed by atoms with Crippen molar-refractivity contribution >= 4 is 34.0 Å². The van der Waals surface area contributed by atoms with Gasteiger partial charge in [0.1, 0.15) is 5.75 Å². The van der Waals surface area contributed by atoms with Crippen LogP contribution in [0.15, 0.2) is 66.7 Å². The Balaban J connectivity index is 1.61. The van der Waals surface area contributed by atoms with Crippen LogP contribution in [0.1, 0.15) is 22.2 Å². The molecule has 0 aliphatic heterocycles. The minimum atomic E-state index is -0.345. The number of para-hydroxylation sites is 1. The molecular weight excluding hydrogens is 386 g/mol. The number of carbonyl (C=O) groups excluding carboxylic acids is 2. The summed E-state index contributed by atoms with van der Waals surface area (Å²) in [6, 6.07) is 20.0. The monoisotopic (exact) mass is 409 g/mol. The largest absolute Gasteiger partial charge is 0.497 e. The van der Waals surface area contributed by atoms with Crippen molar-refractivity contribution in [2.75, 3.05) is 24.3 Å². The highest BCUT2D eigenvalue weighted by Crippen LogP contribution is 2.24. The van der Waals surface area contributed by atoms with Crippen LogP contribution in [0.25, 0.3) is 0 Å². The smallest absolute Gasteiger partial charge is 0.324 e. The van der Waals surface area contributed by atoms with Crippen LogP contribution in [-0.4, -0.2) is 30.5 Å². The molecule has 29 heavy (non-hydrogen) atoms. The Morgan fingerprint density at radius 1 is 0.966 bits per heavy atom. The number of thiophene rings is 1. The summed E-state index contributed by atoms with van der Waals surface area (Å²) in [6.45, 7) is 3.04. The molecule has 3 amide bonds. The van der Waals surface area contributed by atoms with Crippen molar-refractivity contribution in [3.63, 3.8) is 0 Å². The van der Waals surface area contributed by atoms with E-state index in [1.54, 1.807) is 36.3 Å². The summed E-state index contributed by atoms with van der Waals surface area (Å²) in [7, 11) is 1.62. The summed E-state index contributed by atoms with van der Waals surface area (Å²) in [5, 5.41) is 6.14. The second kappa shape index (κ2) is 9.75. The summed E-state index contributed by atoms with van der Waals surface area (Å²) in [4.78, 5) is 27.3. The number of anilines is 2. The number of rotatable bonds is 7. The van der Waals surface area contributed by atoms with Crippen molar-refractivity contribution in [3.05, 3.63) is 77.2 Å². The van der Waals surface area contributed by atoms with E-state index in [0.29, 0.717) is 28.7 Å². The molecule has 2 aromatic carbocycles. The van der Waals surface area contributed by atoms with Gasteiger partial charge in [0.2, 0.25) is 0 Å². The number of ether oxygens (including phenoxy) is 1. The van der Waals surface area contributed by atoms with Gasteiger partial charge in [-0.3, -0.25) is 10.1 Å². The number of amides is 3. The zero-order chi connectivity index (χ0) is 20.6. The summed E-state index contributed by atoms with van der Waals surface area (Å²) >= 11 is 1.26. The standard InChI is InChI=1S/C22H23N3O3S/c1-3-25(15-16-9-11-18(28-2)12-10-16)21(26)19-13-14-20(29-19)24-22(27)23-17-7-5-4-6-8-17/h4-14H,3,15H2,1-2H3,(H2,23,24,27). The van der Waals surface area contributed by atoms with Gasteiger partial charge in [-0.05, 0) is 48.9 Å². The summed E-state index contributed by atoms with van der Waals surface area (Å²) in [5.41, 5.74) is 1.73. The molecule has 0 fully saturated rings. The normalized spacial score (nSPS) is 10.3. The Morgan fingerprint density at radius 3 is 2.34 bits per heavy atom. The van der Waals surface area contributed by atoms with E-state index in [9.17, 15) is 9.59 Å². The van der Waals surface area contributed by atoms with Gasteiger partial charge in [0.15, 0.2) is 0 Å². The number of benzene rings is 2. The highest BCUT2D eigenvalue weighted by molar-refractivity contribution is 7.18. The Bertz CT molecular complexity index is 955. The number of urea groups is 1. The molecule has 0 saturated heterocycles. The predicted molar refractivity (Wildman–Crippen MR) is 117 cm³/mol. The maximum absolute atomic E-state index is 12.9. The average molecular weight is 410 g/mol. The third-order valence-corrected chi connectivity index (χ3v) is 5.28. The van der Waals surface area contributed by atoms with Gasteiger partial charge in [-0.15, -0.1) is 11.3 Å². The summed E-state index contributed by atoms with van der Waals surface area (Å²) in [6.07, 6.45) is 0. The van der Waals surface area contributed by atoms with E-state index in [4.69, 9.17) is 4.74 Å². The minimum absolute atomic E-state index is 0.0650. The molecule has 150 valence electrons. The van der Waals surface area contributed by atoms with Gasteiger partial charge in [-0.1, -0.05) is 30.3 Å². The fraction of sp³-hybridized carbons (Fsp3) is 0.182. The van der Waals surface area contributed by atoms with Gasteiger partial charge in [0.05, 0.1) is 17.0 Å². The van der Waals surface area contributed by atoms with Crippen molar-refractivity contribution in [3.8, 4) is 5.75 Å². The van der Waals surface area contributed by atoms with E-state index in [0.717, 1.165) is 11.3 Å².